The Balaban J connectivity index is 4.82. The highest BCUT2D eigenvalue weighted by Gasteiger charge is 2.30. The Kier molecular flexibility index (Phi) is 20.4. The van der Waals surface area contributed by atoms with Crippen molar-refractivity contribution in [2.45, 2.75) is 72.4 Å². The molecular weight excluding hydrogens is 436 g/mol. The Labute approximate surface area is 195 Å². The number of nitrogens with zero attached hydrogens (tertiary/aromatic N) is 1. The van der Waals surface area contributed by atoms with Crippen LogP contribution < -0.4 is 0 Å². The third-order valence-electron chi connectivity index (χ3n) is 4.66. The van der Waals surface area contributed by atoms with Gasteiger partial charge in [0.1, 0.15) is 0 Å². The van der Waals surface area contributed by atoms with E-state index in [1.54, 1.807) is 0 Å². The van der Waals surface area contributed by atoms with Gasteiger partial charge in [0, 0.05) is 59.0 Å². The number of hydroxylamine groups is 2. The van der Waals surface area contributed by atoms with Gasteiger partial charge >= 0.3 is 0 Å². The minimum absolute atomic E-state index is 0.469. The first-order valence-corrected chi connectivity index (χ1v) is 14.4. The molecule has 0 rings (SSSR count). The van der Waals surface area contributed by atoms with Gasteiger partial charge in [-0.05, 0) is 46.9 Å². The SMILES string of the molecule is CCOCCON(CCPC(CC)(OCC)OCC)CCPC(CC)(OCC)OCC. The Bertz CT molecular complexity index is 364. The summed E-state index contributed by atoms with van der Waals surface area (Å²) in [5.74, 6) is 0. The molecule has 0 aromatic rings. The highest BCUT2D eigenvalue weighted by atomic mass is 31.1. The second-order valence-corrected chi connectivity index (χ2v) is 9.99. The molecule has 2 atom stereocenters. The molecule has 9 heteroatoms. The Morgan fingerprint density at radius 2 is 1.00 bits per heavy atom. The largest absolute Gasteiger partial charge is 0.379 e. The smallest absolute Gasteiger partial charge is 0.183 e. The Morgan fingerprint density at radius 3 is 1.32 bits per heavy atom. The van der Waals surface area contributed by atoms with Crippen LogP contribution in [0.4, 0.5) is 0 Å². The quantitative estimate of drug-likeness (QED) is 0.0884. The molecule has 0 aromatic heterocycles. The van der Waals surface area contributed by atoms with Crippen LogP contribution in [0.3, 0.4) is 0 Å². The number of hydrogen-bond donors (Lipinski definition) is 0. The summed E-state index contributed by atoms with van der Waals surface area (Å²) in [4.78, 5) is 6.03. The fraction of sp³-hybridized carbons (Fsp3) is 1.00. The summed E-state index contributed by atoms with van der Waals surface area (Å²) in [5.41, 5.74) is -0.937. The first kappa shape index (κ1) is 31.6. The summed E-state index contributed by atoms with van der Waals surface area (Å²) in [6.07, 6.45) is 3.62. The molecule has 188 valence electrons. The van der Waals surface area contributed by atoms with Gasteiger partial charge in [0.15, 0.2) is 11.1 Å². The van der Waals surface area contributed by atoms with Crippen LogP contribution in [0.15, 0.2) is 0 Å². The molecule has 0 fully saturated rings. The summed E-state index contributed by atoms with van der Waals surface area (Å²) in [6, 6.07) is 0. The van der Waals surface area contributed by atoms with E-state index in [-0.39, 0.29) is 0 Å². The van der Waals surface area contributed by atoms with Crippen LogP contribution in [0.2, 0.25) is 0 Å². The molecule has 2 unspecified atom stereocenters. The fourth-order valence-electron chi connectivity index (χ4n) is 3.23. The van der Waals surface area contributed by atoms with Gasteiger partial charge in [-0.1, -0.05) is 31.0 Å². The fourth-order valence-corrected chi connectivity index (χ4v) is 6.20. The van der Waals surface area contributed by atoms with Crippen molar-refractivity contribution in [2.24, 2.45) is 0 Å². The van der Waals surface area contributed by atoms with E-state index < -0.39 is 11.1 Å². The number of hydrogen-bond acceptors (Lipinski definition) is 7. The average molecular weight is 486 g/mol. The maximum absolute atomic E-state index is 6.03. The normalized spacial score (nSPS) is 13.5. The van der Waals surface area contributed by atoms with Crippen LogP contribution in [-0.2, 0) is 28.5 Å². The van der Waals surface area contributed by atoms with Crippen molar-refractivity contribution in [1.29, 1.82) is 0 Å². The van der Waals surface area contributed by atoms with Crippen molar-refractivity contribution in [3.05, 3.63) is 0 Å². The molecule has 0 N–H and O–H groups in total. The van der Waals surface area contributed by atoms with Crippen molar-refractivity contribution < 1.29 is 28.5 Å². The summed E-state index contributed by atoms with van der Waals surface area (Å²) in [6.45, 7) is 20.5. The van der Waals surface area contributed by atoms with Crippen molar-refractivity contribution in [3.8, 4) is 0 Å². The Morgan fingerprint density at radius 1 is 0.581 bits per heavy atom. The standard InChI is InChI=1S/C22H49NO6P2/c1-8-21(25-11-4,26-12-5)30-19-15-23(29-18-17-24-10-3)16-20-31-22(9-2,27-13-6)28-14-7/h30-31H,8-20H2,1-7H3. The predicted molar refractivity (Wildman–Crippen MR) is 133 cm³/mol. The third-order valence-corrected chi connectivity index (χ3v) is 7.97. The van der Waals surface area contributed by atoms with E-state index in [4.69, 9.17) is 28.5 Å². The molecule has 0 amide bonds. The second-order valence-electron chi connectivity index (χ2n) is 6.76. The van der Waals surface area contributed by atoms with E-state index in [2.05, 4.69) is 18.9 Å². The Hall–Kier alpha value is 0.580. The van der Waals surface area contributed by atoms with Gasteiger partial charge in [-0.3, -0.25) is 4.84 Å². The molecule has 0 saturated heterocycles. The molecule has 0 spiro atoms. The van der Waals surface area contributed by atoms with Crippen molar-refractivity contribution in [2.75, 3.05) is 71.7 Å². The third kappa shape index (κ3) is 13.8. The van der Waals surface area contributed by atoms with Crippen LogP contribution in [0.1, 0.15) is 61.3 Å². The minimum atomic E-state index is -0.469. The lowest BCUT2D eigenvalue weighted by Crippen LogP contribution is -2.35. The zero-order valence-corrected chi connectivity index (χ0v) is 23.1. The van der Waals surface area contributed by atoms with Gasteiger partial charge in [0.25, 0.3) is 0 Å². The van der Waals surface area contributed by atoms with Crippen molar-refractivity contribution in [3.63, 3.8) is 0 Å². The summed E-state index contributed by atoms with van der Waals surface area (Å²) in [5, 5.41) is 2.07. The monoisotopic (exact) mass is 485 g/mol. The molecule has 0 saturated carbocycles. The van der Waals surface area contributed by atoms with Gasteiger partial charge in [0.2, 0.25) is 0 Å². The molecule has 7 nitrogen and oxygen atoms in total. The van der Waals surface area contributed by atoms with Gasteiger partial charge in [-0.15, -0.1) is 0 Å². The molecule has 0 heterocycles. The lowest BCUT2D eigenvalue weighted by Gasteiger charge is -2.34. The molecule has 0 aliphatic rings. The average Bonchev–Trinajstić information content (AvgIpc) is 2.76. The van der Waals surface area contributed by atoms with E-state index >= 15 is 0 Å². The molecule has 0 radical (unpaired) electrons. The maximum atomic E-state index is 6.03. The van der Waals surface area contributed by atoms with Crippen molar-refractivity contribution in [1.82, 2.24) is 5.06 Å². The molecule has 0 aromatic carbocycles. The van der Waals surface area contributed by atoms with Gasteiger partial charge in [-0.25, -0.2) is 0 Å². The summed E-state index contributed by atoms with van der Waals surface area (Å²) in [7, 11) is 1.11. The van der Waals surface area contributed by atoms with Crippen LogP contribution >= 0.6 is 17.2 Å². The maximum Gasteiger partial charge on any atom is 0.183 e. The summed E-state index contributed by atoms with van der Waals surface area (Å²) >= 11 is 0. The first-order chi connectivity index (χ1) is 15.0. The lowest BCUT2D eigenvalue weighted by molar-refractivity contribution is -0.173. The van der Waals surface area contributed by atoms with Crippen LogP contribution in [0, 0.1) is 0 Å². The van der Waals surface area contributed by atoms with E-state index in [9.17, 15) is 0 Å². The molecule has 0 bridgehead atoms. The zero-order chi connectivity index (χ0) is 23.4. The van der Waals surface area contributed by atoms with E-state index in [0.29, 0.717) is 63.4 Å². The highest BCUT2D eigenvalue weighted by molar-refractivity contribution is 7.39. The minimum Gasteiger partial charge on any atom is -0.379 e. The summed E-state index contributed by atoms with van der Waals surface area (Å²) < 4.78 is 29.4. The second kappa shape index (κ2) is 20.0. The molecular formula is C22H49NO6P2. The molecule has 31 heavy (non-hydrogen) atoms. The van der Waals surface area contributed by atoms with E-state index in [1.165, 1.54) is 0 Å². The van der Waals surface area contributed by atoms with Gasteiger partial charge in [-0.2, -0.15) is 5.06 Å². The van der Waals surface area contributed by atoms with E-state index in [0.717, 1.165) is 38.3 Å². The van der Waals surface area contributed by atoms with E-state index in [1.807, 2.05) is 34.6 Å². The topological polar surface area (TPSA) is 58.6 Å². The lowest BCUT2D eigenvalue weighted by atomic mass is 10.4. The molecule has 0 aliphatic heterocycles. The molecule has 0 aliphatic carbocycles. The number of ether oxygens (including phenoxy) is 5. The highest BCUT2D eigenvalue weighted by Crippen LogP contribution is 2.39. The number of rotatable bonds is 23. The zero-order valence-electron chi connectivity index (χ0n) is 21.1. The van der Waals surface area contributed by atoms with Crippen LogP contribution in [0.5, 0.6) is 0 Å². The van der Waals surface area contributed by atoms with Gasteiger partial charge < -0.3 is 23.7 Å². The first-order valence-electron chi connectivity index (χ1n) is 12.0. The van der Waals surface area contributed by atoms with Crippen LogP contribution in [-0.4, -0.2) is 87.8 Å². The van der Waals surface area contributed by atoms with Crippen molar-refractivity contribution >= 4 is 17.2 Å². The van der Waals surface area contributed by atoms with Gasteiger partial charge in [0.05, 0.1) is 13.2 Å². The predicted octanol–water partition coefficient (Wildman–Crippen LogP) is 4.89. The van der Waals surface area contributed by atoms with Crippen LogP contribution in [0.25, 0.3) is 0 Å².